The van der Waals surface area contributed by atoms with Gasteiger partial charge >= 0.3 is 5.97 Å². The number of rotatable bonds is 5. The smallest absolute Gasteiger partial charge is 0.323 e. The predicted molar refractivity (Wildman–Crippen MR) is 63.6 cm³/mol. The van der Waals surface area contributed by atoms with Crippen molar-refractivity contribution in [1.29, 1.82) is 0 Å². The molecule has 0 aromatic heterocycles. The topological polar surface area (TPSA) is 53.0 Å². The molecule has 0 spiro atoms. The number of aliphatic hydroxyl groups is 1. The maximum absolute atomic E-state index is 11.8. The van der Waals surface area contributed by atoms with E-state index >= 15 is 0 Å². The molecule has 98 valence electrons. The summed E-state index contributed by atoms with van der Waals surface area (Å²) in [5.41, 5.74) is 0. The number of aliphatic hydroxyl groups excluding tert-OH is 1. The van der Waals surface area contributed by atoms with Gasteiger partial charge in [-0.25, -0.2) is 0 Å². The number of nitrogens with zero attached hydrogens (tertiary/aromatic N) is 2. The fourth-order valence-corrected chi connectivity index (χ4v) is 2.58. The summed E-state index contributed by atoms with van der Waals surface area (Å²) in [6.45, 7) is 4.61. The Kier molecular flexibility index (Phi) is 4.36. The van der Waals surface area contributed by atoms with Gasteiger partial charge in [-0.05, 0) is 18.8 Å². The van der Waals surface area contributed by atoms with Gasteiger partial charge in [0, 0.05) is 32.7 Å². The fraction of sp³-hybridized carbons (Fsp3) is 0.917. The Hall–Kier alpha value is -0.650. The first-order chi connectivity index (χ1) is 8.26. The van der Waals surface area contributed by atoms with Crippen molar-refractivity contribution in [3.63, 3.8) is 0 Å². The SMILES string of the molecule is COC(=O)C(C1CC1)N1CCN(CCO)CC1. The predicted octanol–water partition coefficient (Wildman–Crippen LogP) is -0.452. The molecule has 1 aliphatic carbocycles. The first kappa shape index (κ1) is 12.8. The monoisotopic (exact) mass is 242 g/mol. The minimum atomic E-state index is -0.0805. The summed E-state index contributed by atoms with van der Waals surface area (Å²) in [4.78, 5) is 16.3. The van der Waals surface area contributed by atoms with Gasteiger partial charge in [0.25, 0.3) is 0 Å². The minimum absolute atomic E-state index is 0.0312. The molecule has 1 atom stereocenters. The van der Waals surface area contributed by atoms with E-state index in [4.69, 9.17) is 9.84 Å². The summed E-state index contributed by atoms with van der Waals surface area (Å²) in [6, 6.07) is -0.0312. The summed E-state index contributed by atoms with van der Waals surface area (Å²) in [5.74, 6) is 0.426. The maximum Gasteiger partial charge on any atom is 0.323 e. The van der Waals surface area contributed by atoms with Crippen molar-refractivity contribution >= 4 is 5.97 Å². The van der Waals surface area contributed by atoms with Gasteiger partial charge in [0.1, 0.15) is 6.04 Å². The molecule has 17 heavy (non-hydrogen) atoms. The standard InChI is InChI=1S/C12H22N2O3/c1-17-12(16)11(10-2-3-10)14-6-4-13(5-7-14)8-9-15/h10-11,15H,2-9H2,1H3. The van der Waals surface area contributed by atoms with Crippen molar-refractivity contribution in [3.05, 3.63) is 0 Å². The molecule has 0 radical (unpaired) electrons. The third-order valence-corrected chi connectivity index (χ3v) is 3.73. The average molecular weight is 242 g/mol. The highest BCUT2D eigenvalue weighted by Gasteiger charge is 2.41. The molecule has 2 fully saturated rings. The second kappa shape index (κ2) is 5.80. The zero-order chi connectivity index (χ0) is 12.3. The Balaban J connectivity index is 1.86. The molecular formula is C12H22N2O3. The molecule has 2 rings (SSSR count). The summed E-state index contributed by atoms with van der Waals surface area (Å²) >= 11 is 0. The minimum Gasteiger partial charge on any atom is -0.468 e. The molecule has 0 amide bonds. The van der Waals surface area contributed by atoms with Crippen LogP contribution in [0.2, 0.25) is 0 Å². The molecule has 1 heterocycles. The highest BCUT2D eigenvalue weighted by molar-refractivity contribution is 5.76. The highest BCUT2D eigenvalue weighted by atomic mass is 16.5. The fourth-order valence-electron chi connectivity index (χ4n) is 2.58. The van der Waals surface area contributed by atoms with Crippen LogP contribution in [0.25, 0.3) is 0 Å². The third kappa shape index (κ3) is 3.18. The number of β-amino-alcohol motifs (C(OH)–C–C–N with tert-alkyl or cyclic N) is 1. The molecule has 0 aromatic rings. The number of carbonyl (C=O) groups is 1. The Morgan fingerprint density at radius 2 is 2.00 bits per heavy atom. The van der Waals surface area contributed by atoms with Crippen LogP contribution in [0.5, 0.6) is 0 Å². The van der Waals surface area contributed by atoms with Crippen LogP contribution >= 0.6 is 0 Å². The number of methoxy groups -OCH3 is 1. The van der Waals surface area contributed by atoms with E-state index in [2.05, 4.69) is 9.80 Å². The molecular weight excluding hydrogens is 220 g/mol. The molecule has 1 unspecified atom stereocenters. The first-order valence-corrected chi connectivity index (χ1v) is 6.41. The molecule has 1 saturated carbocycles. The second-order valence-corrected chi connectivity index (χ2v) is 4.91. The van der Waals surface area contributed by atoms with Gasteiger partial charge in [-0.2, -0.15) is 0 Å². The van der Waals surface area contributed by atoms with E-state index < -0.39 is 0 Å². The lowest BCUT2D eigenvalue weighted by atomic mass is 10.1. The molecule has 5 nitrogen and oxygen atoms in total. The van der Waals surface area contributed by atoms with Gasteiger partial charge in [-0.15, -0.1) is 0 Å². The van der Waals surface area contributed by atoms with E-state index in [1.807, 2.05) is 0 Å². The van der Waals surface area contributed by atoms with Crippen LogP contribution in [-0.4, -0.2) is 73.4 Å². The quantitative estimate of drug-likeness (QED) is 0.662. The van der Waals surface area contributed by atoms with Crippen LogP contribution in [-0.2, 0) is 9.53 Å². The van der Waals surface area contributed by atoms with Gasteiger partial charge in [0.05, 0.1) is 13.7 Å². The molecule has 0 aromatic carbocycles. The van der Waals surface area contributed by atoms with Crippen LogP contribution in [0.1, 0.15) is 12.8 Å². The van der Waals surface area contributed by atoms with E-state index in [9.17, 15) is 4.79 Å². The average Bonchev–Trinajstić information content (AvgIpc) is 3.16. The maximum atomic E-state index is 11.8. The van der Waals surface area contributed by atoms with E-state index in [1.54, 1.807) is 0 Å². The Bertz CT molecular complexity index is 260. The summed E-state index contributed by atoms with van der Waals surface area (Å²) in [5, 5.41) is 8.89. The van der Waals surface area contributed by atoms with Crippen molar-refractivity contribution in [2.24, 2.45) is 5.92 Å². The van der Waals surface area contributed by atoms with E-state index in [-0.39, 0.29) is 18.6 Å². The third-order valence-electron chi connectivity index (χ3n) is 3.73. The molecule has 1 aliphatic heterocycles. The molecule has 1 N–H and O–H groups in total. The molecule has 1 saturated heterocycles. The lowest BCUT2D eigenvalue weighted by molar-refractivity contribution is -0.148. The van der Waals surface area contributed by atoms with Crippen molar-refractivity contribution in [2.45, 2.75) is 18.9 Å². The zero-order valence-corrected chi connectivity index (χ0v) is 10.5. The normalized spacial score (nSPS) is 24.6. The van der Waals surface area contributed by atoms with Crippen LogP contribution in [0, 0.1) is 5.92 Å². The largest absolute Gasteiger partial charge is 0.468 e. The van der Waals surface area contributed by atoms with Crippen molar-refractivity contribution in [2.75, 3.05) is 46.4 Å². The van der Waals surface area contributed by atoms with E-state index in [0.29, 0.717) is 5.92 Å². The zero-order valence-electron chi connectivity index (χ0n) is 10.5. The number of esters is 1. The van der Waals surface area contributed by atoms with Crippen molar-refractivity contribution in [3.8, 4) is 0 Å². The lowest BCUT2D eigenvalue weighted by Gasteiger charge is -2.38. The van der Waals surface area contributed by atoms with Gasteiger partial charge in [-0.1, -0.05) is 0 Å². The van der Waals surface area contributed by atoms with Crippen LogP contribution in [0.4, 0.5) is 0 Å². The van der Waals surface area contributed by atoms with Crippen LogP contribution < -0.4 is 0 Å². The highest BCUT2D eigenvalue weighted by Crippen LogP contribution is 2.36. The summed E-state index contributed by atoms with van der Waals surface area (Å²) in [6.07, 6.45) is 2.30. The van der Waals surface area contributed by atoms with E-state index in [1.165, 1.54) is 7.11 Å². The van der Waals surface area contributed by atoms with Gasteiger partial charge in [0.15, 0.2) is 0 Å². The number of hydrogen-bond donors (Lipinski definition) is 1. The van der Waals surface area contributed by atoms with Gasteiger partial charge in [0.2, 0.25) is 0 Å². The van der Waals surface area contributed by atoms with Crippen LogP contribution in [0.3, 0.4) is 0 Å². The Morgan fingerprint density at radius 1 is 1.35 bits per heavy atom. The first-order valence-electron chi connectivity index (χ1n) is 6.41. The summed E-state index contributed by atoms with van der Waals surface area (Å²) in [7, 11) is 1.47. The second-order valence-electron chi connectivity index (χ2n) is 4.91. The number of carbonyl (C=O) groups excluding carboxylic acids is 1. The van der Waals surface area contributed by atoms with Crippen LogP contribution in [0.15, 0.2) is 0 Å². The molecule has 5 heteroatoms. The van der Waals surface area contributed by atoms with Gasteiger partial charge < -0.3 is 9.84 Å². The number of hydrogen-bond acceptors (Lipinski definition) is 5. The van der Waals surface area contributed by atoms with Crippen molar-refractivity contribution in [1.82, 2.24) is 9.80 Å². The Morgan fingerprint density at radius 3 is 2.47 bits per heavy atom. The molecule has 2 aliphatic rings. The number of piperazine rings is 1. The summed E-state index contributed by atoms with van der Waals surface area (Å²) < 4.78 is 4.91. The van der Waals surface area contributed by atoms with Crippen molar-refractivity contribution < 1.29 is 14.6 Å². The lowest BCUT2D eigenvalue weighted by Crippen LogP contribution is -2.54. The van der Waals surface area contributed by atoms with Gasteiger partial charge in [-0.3, -0.25) is 14.6 Å². The number of ether oxygens (including phenoxy) is 1. The molecule has 0 bridgehead atoms. The van der Waals surface area contributed by atoms with E-state index in [0.717, 1.165) is 45.6 Å². The Labute approximate surface area is 102 Å².